The van der Waals surface area contributed by atoms with Gasteiger partial charge < -0.3 is 15.0 Å². The number of ether oxygens (including phenoxy) is 1. The number of hydrogen-bond acceptors (Lipinski definition) is 6. The lowest BCUT2D eigenvalue weighted by Crippen LogP contribution is -2.17. The van der Waals surface area contributed by atoms with Gasteiger partial charge in [0.1, 0.15) is 6.33 Å². The van der Waals surface area contributed by atoms with E-state index in [0.717, 1.165) is 0 Å². The van der Waals surface area contributed by atoms with Crippen LogP contribution in [0.4, 0.5) is 10.5 Å². The predicted octanol–water partition coefficient (Wildman–Crippen LogP) is 0.848. The second-order valence-corrected chi connectivity index (χ2v) is 3.63. The number of amides is 1. The first-order chi connectivity index (χ1) is 8.99. The molecule has 0 atom stereocenters. The van der Waals surface area contributed by atoms with Crippen molar-refractivity contribution in [3.63, 3.8) is 0 Å². The molecule has 2 rings (SSSR count). The van der Waals surface area contributed by atoms with Crippen molar-refractivity contribution in [1.29, 1.82) is 0 Å². The van der Waals surface area contributed by atoms with Crippen molar-refractivity contribution >= 4 is 11.8 Å². The van der Waals surface area contributed by atoms with Crippen molar-refractivity contribution in [2.45, 2.75) is 0 Å². The third-order valence-electron chi connectivity index (χ3n) is 2.34. The lowest BCUT2D eigenvalue weighted by Gasteiger charge is -2.04. The van der Waals surface area contributed by atoms with Gasteiger partial charge in [0.05, 0.1) is 4.92 Å². The van der Waals surface area contributed by atoms with Crippen LogP contribution in [0.3, 0.4) is 0 Å². The van der Waals surface area contributed by atoms with E-state index in [9.17, 15) is 14.9 Å². The number of benzene rings is 1. The summed E-state index contributed by atoms with van der Waals surface area (Å²) in [4.78, 5) is 20.9. The van der Waals surface area contributed by atoms with Gasteiger partial charge in [-0.2, -0.15) is 0 Å². The van der Waals surface area contributed by atoms with Gasteiger partial charge in [-0.1, -0.05) is 0 Å². The molecule has 1 aromatic heterocycles. The molecule has 0 aliphatic rings. The zero-order valence-electron chi connectivity index (χ0n) is 9.81. The zero-order valence-corrected chi connectivity index (χ0v) is 9.81. The fraction of sp³-hybridized carbons (Fsp3) is 0.100. The third kappa shape index (κ3) is 2.49. The maximum absolute atomic E-state index is 10.9. The molecule has 2 N–H and O–H groups in total. The van der Waals surface area contributed by atoms with E-state index in [0.29, 0.717) is 11.4 Å². The van der Waals surface area contributed by atoms with Gasteiger partial charge in [-0.3, -0.25) is 10.1 Å². The monoisotopic (exact) mass is 263 g/mol. The zero-order chi connectivity index (χ0) is 14.0. The smallest absolute Gasteiger partial charge is 0.403 e. The number of aromatic nitrogens is 3. The molecule has 0 unspecified atom stereocenters. The highest BCUT2D eigenvalue weighted by atomic mass is 16.6. The summed E-state index contributed by atoms with van der Waals surface area (Å²) < 4.78 is 6.17. The lowest BCUT2D eigenvalue weighted by molar-refractivity contribution is -0.385. The first-order valence-electron chi connectivity index (χ1n) is 5.09. The highest BCUT2D eigenvalue weighted by Gasteiger charge is 2.19. The van der Waals surface area contributed by atoms with Crippen LogP contribution in [-0.4, -0.2) is 25.8 Å². The van der Waals surface area contributed by atoms with Gasteiger partial charge in [0.25, 0.3) is 0 Å². The van der Waals surface area contributed by atoms with Gasteiger partial charge in [0.15, 0.2) is 5.82 Å². The number of primary amides is 1. The van der Waals surface area contributed by atoms with Gasteiger partial charge in [0.2, 0.25) is 5.75 Å². The average molecular weight is 263 g/mol. The molecule has 0 spiro atoms. The minimum atomic E-state index is -1.12. The molecule has 9 nitrogen and oxygen atoms in total. The van der Waals surface area contributed by atoms with E-state index in [1.54, 1.807) is 11.6 Å². The summed E-state index contributed by atoms with van der Waals surface area (Å²) in [7, 11) is 1.70. The second-order valence-electron chi connectivity index (χ2n) is 3.63. The summed E-state index contributed by atoms with van der Waals surface area (Å²) in [5.41, 5.74) is 4.94. The van der Waals surface area contributed by atoms with Crippen LogP contribution in [0.15, 0.2) is 24.5 Å². The summed E-state index contributed by atoms with van der Waals surface area (Å²) in [5.74, 6) is 0.233. The van der Waals surface area contributed by atoms with E-state index in [4.69, 9.17) is 5.73 Å². The molecule has 1 heterocycles. The summed E-state index contributed by atoms with van der Waals surface area (Å²) in [6.45, 7) is 0. The highest BCUT2D eigenvalue weighted by molar-refractivity contribution is 5.72. The fourth-order valence-corrected chi connectivity index (χ4v) is 1.54. The van der Waals surface area contributed by atoms with Crippen LogP contribution in [0.1, 0.15) is 0 Å². The maximum atomic E-state index is 10.9. The molecular weight excluding hydrogens is 254 g/mol. The molecule has 0 saturated heterocycles. The Morgan fingerprint density at radius 1 is 1.53 bits per heavy atom. The number of hydrogen-bond donors (Lipinski definition) is 1. The number of nitrogens with two attached hydrogens (primary N) is 1. The molecule has 0 aliphatic heterocycles. The lowest BCUT2D eigenvalue weighted by atomic mass is 10.1. The SMILES string of the molecule is Cn1cnnc1-c1ccc(OC(N)=O)c([N+](=O)[O-])c1. The Morgan fingerprint density at radius 2 is 2.26 bits per heavy atom. The first kappa shape index (κ1) is 12.5. The Hall–Kier alpha value is -2.97. The topological polar surface area (TPSA) is 126 Å². The second kappa shape index (κ2) is 4.72. The Bertz CT molecular complexity index is 651. The van der Waals surface area contributed by atoms with Gasteiger partial charge in [0, 0.05) is 18.7 Å². The summed E-state index contributed by atoms with van der Waals surface area (Å²) in [6, 6.07) is 4.05. The number of nitro benzene ring substituents is 1. The van der Waals surface area contributed by atoms with E-state index in [1.807, 2.05) is 0 Å². The van der Waals surface area contributed by atoms with Crippen LogP contribution in [0, 0.1) is 10.1 Å². The van der Waals surface area contributed by atoms with Crippen molar-refractivity contribution < 1.29 is 14.5 Å². The van der Waals surface area contributed by atoms with E-state index >= 15 is 0 Å². The van der Waals surface area contributed by atoms with E-state index in [1.165, 1.54) is 24.5 Å². The van der Waals surface area contributed by atoms with Gasteiger partial charge in [-0.25, -0.2) is 4.79 Å². The van der Waals surface area contributed by atoms with Crippen LogP contribution < -0.4 is 10.5 Å². The van der Waals surface area contributed by atoms with Crippen LogP contribution in [0.25, 0.3) is 11.4 Å². The minimum absolute atomic E-state index is 0.219. The molecule has 0 fully saturated rings. The van der Waals surface area contributed by atoms with Gasteiger partial charge in [-0.15, -0.1) is 10.2 Å². The van der Waals surface area contributed by atoms with Crippen LogP contribution >= 0.6 is 0 Å². The molecule has 0 saturated carbocycles. The molecule has 1 amide bonds. The molecule has 98 valence electrons. The summed E-state index contributed by atoms with van der Waals surface area (Å²) in [5, 5.41) is 18.5. The molecule has 0 aliphatic carbocycles. The largest absolute Gasteiger partial charge is 0.410 e. The minimum Gasteiger partial charge on any atom is -0.403 e. The molecule has 0 bridgehead atoms. The van der Waals surface area contributed by atoms with E-state index in [-0.39, 0.29) is 11.4 Å². The molecule has 2 aromatic rings. The Kier molecular flexibility index (Phi) is 3.10. The Morgan fingerprint density at radius 3 is 2.79 bits per heavy atom. The van der Waals surface area contributed by atoms with Crippen molar-refractivity contribution in [3.8, 4) is 17.1 Å². The molecule has 1 aromatic carbocycles. The number of carbonyl (C=O) groups is 1. The average Bonchev–Trinajstić information content (AvgIpc) is 2.75. The molecule has 0 radical (unpaired) electrons. The Balaban J connectivity index is 2.51. The molecule has 19 heavy (non-hydrogen) atoms. The van der Waals surface area contributed by atoms with E-state index < -0.39 is 11.0 Å². The van der Waals surface area contributed by atoms with Crippen molar-refractivity contribution in [2.75, 3.05) is 0 Å². The number of rotatable bonds is 3. The van der Waals surface area contributed by atoms with Gasteiger partial charge >= 0.3 is 11.8 Å². The van der Waals surface area contributed by atoms with Gasteiger partial charge in [-0.05, 0) is 12.1 Å². The van der Waals surface area contributed by atoms with Crippen LogP contribution in [0.5, 0.6) is 5.75 Å². The number of aryl methyl sites for hydroxylation is 1. The summed E-state index contributed by atoms with van der Waals surface area (Å²) in [6.07, 6.45) is 0.351. The predicted molar refractivity (Wildman–Crippen MR) is 63.3 cm³/mol. The molecule has 9 heteroatoms. The van der Waals surface area contributed by atoms with Crippen molar-refractivity contribution in [1.82, 2.24) is 14.8 Å². The van der Waals surface area contributed by atoms with E-state index in [2.05, 4.69) is 14.9 Å². The number of carbonyl (C=O) groups excluding carboxylic acids is 1. The Labute approximate surface area is 106 Å². The van der Waals surface area contributed by atoms with Crippen molar-refractivity contribution in [3.05, 3.63) is 34.6 Å². The number of nitro groups is 1. The first-order valence-corrected chi connectivity index (χ1v) is 5.09. The highest BCUT2D eigenvalue weighted by Crippen LogP contribution is 2.31. The summed E-state index contributed by atoms with van der Waals surface area (Å²) >= 11 is 0. The normalized spacial score (nSPS) is 10.2. The molecular formula is C10H9N5O4. The maximum Gasteiger partial charge on any atom is 0.410 e. The third-order valence-corrected chi connectivity index (χ3v) is 2.34. The number of nitrogens with zero attached hydrogens (tertiary/aromatic N) is 4. The quantitative estimate of drug-likeness (QED) is 0.646. The standard InChI is InChI=1S/C10H9N5O4/c1-14-5-12-13-9(14)6-2-3-8(19-10(11)16)7(4-6)15(17)18/h2-5H,1H3,(H2,11,16). The van der Waals surface area contributed by atoms with Crippen LogP contribution in [-0.2, 0) is 7.05 Å². The van der Waals surface area contributed by atoms with Crippen LogP contribution in [0.2, 0.25) is 0 Å². The van der Waals surface area contributed by atoms with Crippen molar-refractivity contribution in [2.24, 2.45) is 12.8 Å². The fourth-order valence-electron chi connectivity index (χ4n) is 1.54.